The molecule has 0 fully saturated rings. The molecular formula is C19H19FN4OS. The predicted octanol–water partition coefficient (Wildman–Crippen LogP) is 3.72. The molecule has 1 amide bonds. The molecule has 0 unspecified atom stereocenters. The van der Waals surface area contributed by atoms with Crippen molar-refractivity contribution in [1.29, 1.82) is 0 Å². The summed E-state index contributed by atoms with van der Waals surface area (Å²) in [6, 6.07) is 14.0. The van der Waals surface area contributed by atoms with Crippen LogP contribution < -0.4 is 5.32 Å². The number of nitrogens with zero attached hydrogens (tertiary/aromatic N) is 2. The van der Waals surface area contributed by atoms with Gasteiger partial charge in [0.1, 0.15) is 5.82 Å². The molecule has 1 aromatic heterocycles. The van der Waals surface area contributed by atoms with Crippen LogP contribution in [0.5, 0.6) is 0 Å². The van der Waals surface area contributed by atoms with E-state index in [1.807, 2.05) is 31.2 Å². The Bertz CT molecular complexity index is 877. The number of hydrogen-bond donors (Lipinski definition) is 2. The maximum absolute atomic E-state index is 12.9. The van der Waals surface area contributed by atoms with Crippen LogP contribution in [0.1, 0.15) is 18.1 Å². The van der Waals surface area contributed by atoms with Crippen LogP contribution in [0.3, 0.4) is 0 Å². The van der Waals surface area contributed by atoms with Gasteiger partial charge >= 0.3 is 0 Å². The molecule has 0 radical (unpaired) electrons. The summed E-state index contributed by atoms with van der Waals surface area (Å²) in [6.45, 7) is 4.18. The normalized spacial score (nSPS) is 12.0. The molecule has 0 saturated heterocycles. The summed E-state index contributed by atoms with van der Waals surface area (Å²) in [5.41, 5.74) is 2.97. The van der Waals surface area contributed by atoms with Crippen LogP contribution in [0.4, 0.5) is 4.39 Å². The van der Waals surface area contributed by atoms with Crippen LogP contribution in [0.2, 0.25) is 0 Å². The first-order valence-corrected chi connectivity index (χ1v) is 9.07. The Morgan fingerprint density at radius 3 is 2.58 bits per heavy atom. The van der Waals surface area contributed by atoms with E-state index in [2.05, 4.69) is 20.5 Å². The maximum Gasteiger partial charge on any atom is 0.233 e. The fourth-order valence-corrected chi connectivity index (χ4v) is 3.04. The maximum atomic E-state index is 12.9. The van der Waals surface area contributed by atoms with Crippen molar-refractivity contribution in [1.82, 2.24) is 20.5 Å². The van der Waals surface area contributed by atoms with E-state index in [4.69, 9.17) is 0 Å². The number of H-pyrrole nitrogens is 1. The summed E-state index contributed by atoms with van der Waals surface area (Å²) in [4.78, 5) is 16.7. The second-order valence-corrected chi connectivity index (χ2v) is 7.24. The molecule has 3 rings (SSSR count). The van der Waals surface area contributed by atoms with E-state index in [9.17, 15) is 9.18 Å². The molecule has 1 atom stereocenters. The minimum Gasteiger partial charge on any atom is -0.351 e. The van der Waals surface area contributed by atoms with Crippen LogP contribution in [0.25, 0.3) is 11.4 Å². The van der Waals surface area contributed by atoms with Crippen LogP contribution in [0, 0.1) is 12.7 Å². The molecule has 1 heterocycles. The van der Waals surface area contributed by atoms with Gasteiger partial charge in [-0.25, -0.2) is 9.37 Å². The summed E-state index contributed by atoms with van der Waals surface area (Å²) >= 11 is 1.28. The highest BCUT2D eigenvalue weighted by Gasteiger charge is 2.17. The van der Waals surface area contributed by atoms with E-state index in [1.165, 1.54) is 29.5 Å². The minimum atomic E-state index is -0.350. The van der Waals surface area contributed by atoms with Crippen molar-refractivity contribution in [3.8, 4) is 11.4 Å². The van der Waals surface area contributed by atoms with Crippen molar-refractivity contribution in [2.24, 2.45) is 0 Å². The van der Waals surface area contributed by atoms with Gasteiger partial charge in [0.2, 0.25) is 11.1 Å². The van der Waals surface area contributed by atoms with Gasteiger partial charge in [0.15, 0.2) is 5.82 Å². The molecule has 5 nitrogen and oxygen atoms in total. The number of carbonyl (C=O) groups excluding carboxylic acids is 1. The highest BCUT2D eigenvalue weighted by molar-refractivity contribution is 8.00. The Hall–Kier alpha value is -2.67. The van der Waals surface area contributed by atoms with Gasteiger partial charge in [-0.3, -0.25) is 9.89 Å². The summed E-state index contributed by atoms with van der Waals surface area (Å²) in [5.74, 6) is 0.255. The smallest absolute Gasteiger partial charge is 0.233 e. The molecule has 0 aliphatic rings. The standard InChI is InChI=1S/C19H19FN4OS/c1-12-3-7-15(8-4-12)17-22-19(24-23-17)26-13(2)18(25)21-11-14-5-9-16(20)10-6-14/h3-10,13H,11H2,1-2H3,(H,21,25)(H,22,23,24)/t13-/m0/s1. The van der Waals surface area contributed by atoms with Gasteiger partial charge in [-0.05, 0) is 31.5 Å². The SMILES string of the molecule is Cc1ccc(-c2nc(S[C@@H](C)C(=O)NCc3ccc(F)cc3)n[nH]2)cc1. The second-order valence-electron chi connectivity index (χ2n) is 5.94. The molecular weight excluding hydrogens is 351 g/mol. The average molecular weight is 370 g/mol. The number of rotatable bonds is 6. The van der Waals surface area contributed by atoms with Gasteiger partial charge in [-0.1, -0.05) is 53.7 Å². The summed E-state index contributed by atoms with van der Waals surface area (Å²) in [6.07, 6.45) is 0. The second kappa shape index (κ2) is 8.14. The Balaban J connectivity index is 1.55. The van der Waals surface area contributed by atoms with Gasteiger partial charge in [0.05, 0.1) is 5.25 Å². The fraction of sp³-hybridized carbons (Fsp3) is 0.211. The third-order valence-corrected chi connectivity index (χ3v) is 4.78. The lowest BCUT2D eigenvalue weighted by Crippen LogP contribution is -2.30. The molecule has 0 bridgehead atoms. The molecule has 26 heavy (non-hydrogen) atoms. The topological polar surface area (TPSA) is 70.7 Å². The number of aromatic nitrogens is 3. The fourth-order valence-electron chi connectivity index (χ4n) is 2.29. The van der Waals surface area contributed by atoms with Gasteiger partial charge < -0.3 is 5.32 Å². The Morgan fingerprint density at radius 2 is 1.88 bits per heavy atom. The van der Waals surface area contributed by atoms with Crippen LogP contribution >= 0.6 is 11.8 Å². The first-order valence-electron chi connectivity index (χ1n) is 8.19. The molecule has 2 aromatic carbocycles. The number of nitrogens with one attached hydrogen (secondary N) is 2. The number of hydrogen-bond acceptors (Lipinski definition) is 4. The van der Waals surface area contributed by atoms with Gasteiger partial charge in [-0.15, -0.1) is 5.10 Å². The number of carbonyl (C=O) groups is 1. The lowest BCUT2D eigenvalue weighted by Gasteiger charge is -2.10. The molecule has 7 heteroatoms. The van der Waals surface area contributed by atoms with Crippen LogP contribution in [-0.2, 0) is 11.3 Å². The van der Waals surface area contributed by atoms with E-state index in [1.54, 1.807) is 19.1 Å². The molecule has 0 saturated carbocycles. The first kappa shape index (κ1) is 18.1. The van der Waals surface area contributed by atoms with Crippen molar-refractivity contribution in [2.45, 2.75) is 30.8 Å². The highest BCUT2D eigenvalue weighted by atomic mass is 32.2. The molecule has 0 aliphatic heterocycles. The minimum absolute atomic E-state index is 0.124. The van der Waals surface area contributed by atoms with Crippen molar-refractivity contribution < 1.29 is 9.18 Å². The largest absolute Gasteiger partial charge is 0.351 e. The monoisotopic (exact) mass is 370 g/mol. The van der Waals surface area contributed by atoms with Gasteiger partial charge in [-0.2, -0.15) is 0 Å². The quantitative estimate of drug-likeness (QED) is 0.649. The van der Waals surface area contributed by atoms with Gasteiger partial charge in [0.25, 0.3) is 0 Å². The predicted molar refractivity (Wildman–Crippen MR) is 100 cm³/mol. The molecule has 134 valence electrons. The Morgan fingerprint density at radius 1 is 1.19 bits per heavy atom. The third-order valence-electron chi connectivity index (χ3n) is 3.82. The number of thioether (sulfide) groups is 1. The highest BCUT2D eigenvalue weighted by Crippen LogP contribution is 2.23. The number of aryl methyl sites for hydroxylation is 1. The summed E-state index contributed by atoms with van der Waals surface area (Å²) in [7, 11) is 0. The van der Waals surface area contributed by atoms with E-state index in [-0.39, 0.29) is 17.0 Å². The molecule has 3 aromatic rings. The number of aromatic amines is 1. The van der Waals surface area contributed by atoms with Crippen LogP contribution in [0.15, 0.2) is 53.7 Å². The Labute approximate surface area is 155 Å². The van der Waals surface area contributed by atoms with E-state index in [0.29, 0.717) is 17.5 Å². The van der Waals surface area contributed by atoms with E-state index in [0.717, 1.165) is 11.1 Å². The summed E-state index contributed by atoms with van der Waals surface area (Å²) < 4.78 is 12.9. The van der Waals surface area contributed by atoms with Crippen molar-refractivity contribution >= 4 is 17.7 Å². The van der Waals surface area contributed by atoms with Crippen molar-refractivity contribution in [2.75, 3.05) is 0 Å². The number of amides is 1. The van der Waals surface area contributed by atoms with E-state index < -0.39 is 0 Å². The van der Waals surface area contributed by atoms with Gasteiger partial charge in [0, 0.05) is 12.1 Å². The number of benzene rings is 2. The van der Waals surface area contributed by atoms with Crippen LogP contribution in [-0.4, -0.2) is 26.3 Å². The number of halogens is 1. The zero-order valence-corrected chi connectivity index (χ0v) is 15.3. The zero-order chi connectivity index (χ0) is 18.5. The average Bonchev–Trinajstić information content (AvgIpc) is 3.10. The molecule has 2 N–H and O–H groups in total. The lowest BCUT2D eigenvalue weighted by atomic mass is 10.1. The summed E-state index contributed by atoms with van der Waals surface area (Å²) in [5, 5.41) is 10.1. The zero-order valence-electron chi connectivity index (χ0n) is 14.5. The molecule has 0 spiro atoms. The Kier molecular flexibility index (Phi) is 5.68. The first-order chi connectivity index (χ1) is 12.5. The molecule has 0 aliphatic carbocycles. The van der Waals surface area contributed by atoms with Crippen molar-refractivity contribution in [3.05, 3.63) is 65.5 Å². The lowest BCUT2D eigenvalue weighted by molar-refractivity contribution is -0.120. The third kappa shape index (κ3) is 4.70. The van der Waals surface area contributed by atoms with E-state index >= 15 is 0 Å². The van der Waals surface area contributed by atoms with Crippen molar-refractivity contribution in [3.63, 3.8) is 0 Å².